The van der Waals surface area contributed by atoms with Gasteiger partial charge in [-0.25, -0.2) is 8.42 Å². The van der Waals surface area contributed by atoms with Crippen molar-refractivity contribution in [3.05, 3.63) is 63.6 Å². The van der Waals surface area contributed by atoms with Crippen LogP contribution in [0.1, 0.15) is 48.0 Å². The van der Waals surface area contributed by atoms with Crippen LogP contribution in [0.4, 0.5) is 5.69 Å². The van der Waals surface area contributed by atoms with Crippen LogP contribution in [0.25, 0.3) is 0 Å². The molecule has 2 aromatic carbocycles. The van der Waals surface area contributed by atoms with Gasteiger partial charge in [0.1, 0.15) is 0 Å². The summed E-state index contributed by atoms with van der Waals surface area (Å²) in [6.45, 7) is 0.00656. The van der Waals surface area contributed by atoms with Crippen LogP contribution in [-0.2, 0) is 16.6 Å². The van der Waals surface area contributed by atoms with Crippen molar-refractivity contribution in [2.24, 2.45) is 0 Å². The summed E-state index contributed by atoms with van der Waals surface area (Å²) >= 11 is 12.5. The maximum Gasteiger partial charge on any atom is 0.253 e. The molecule has 1 saturated carbocycles. The highest BCUT2D eigenvalue weighted by molar-refractivity contribution is 7.92. The molecular formula is C22H26Cl2N2O3S. The summed E-state index contributed by atoms with van der Waals surface area (Å²) in [7, 11) is -1.75. The first-order valence-corrected chi connectivity index (χ1v) is 12.6. The third-order valence-corrected chi connectivity index (χ3v) is 7.46. The molecule has 162 valence electrons. The highest BCUT2D eigenvalue weighted by Crippen LogP contribution is 2.30. The van der Waals surface area contributed by atoms with E-state index in [1.54, 1.807) is 42.5 Å². The number of nitrogens with zero attached hydrogens (tertiary/aromatic N) is 2. The van der Waals surface area contributed by atoms with Crippen LogP contribution in [-0.4, -0.2) is 38.6 Å². The Morgan fingerprint density at radius 3 is 2.10 bits per heavy atom. The Morgan fingerprint density at radius 2 is 1.57 bits per heavy atom. The van der Waals surface area contributed by atoms with Crippen LogP contribution in [0, 0.1) is 0 Å². The lowest BCUT2D eigenvalue weighted by molar-refractivity contribution is 0.0696. The molecule has 0 N–H and O–H groups in total. The number of benzene rings is 2. The van der Waals surface area contributed by atoms with Crippen LogP contribution >= 0.6 is 23.2 Å². The summed E-state index contributed by atoms with van der Waals surface area (Å²) in [6, 6.07) is 12.0. The summed E-state index contributed by atoms with van der Waals surface area (Å²) in [4.78, 5) is 14.7. The van der Waals surface area contributed by atoms with Gasteiger partial charge in [0.25, 0.3) is 5.91 Å². The van der Waals surface area contributed by atoms with Gasteiger partial charge in [0.2, 0.25) is 10.0 Å². The molecule has 1 aliphatic carbocycles. The molecule has 30 heavy (non-hydrogen) atoms. The summed E-state index contributed by atoms with van der Waals surface area (Å²) in [5.74, 6) is -0.0477. The first-order chi connectivity index (χ1) is 14.2. The molecule has 1 amide bonds. The predicted molar refractivity (Wildman–Crippen MR) is 123 cm³/mol. The second-order valence-electron chi connectivity index (χ2n) is 7.72. The van der Waals surface area contributed by atoms with Crippen molar-refractivity contribution < 1.29 is 13.2 Å². The van der Waals surface area contributed by atoms with Crippen molar-refractivity contribution in [2.75, 3.05) is 17.6 Å². The number of anilines is 1. The topological polar surface area (TPSA) is 57.7 Å². The molecule has 0 bridgehead atoms. The number of rotatable bonds is 6. The quantitative estimate of drug-likeness (QED) is 0.572. The van der Waals surface area contributed by atoms with Gasteiger partial charge in [-0.2, -0.15) is 0 Å². The second-order valence-corrected chi connectivity index (χ2v) is 10.4. The van der Waals surface area contributed by atoms with E-state index in [-0.39, 0.29) is 18.5 Å². The monoisotopic (exact) mass is 468 g/mol. The van der Waals surface area contributed by atoms with Crippen LogP contribution in [0.5, 0.6) is 0 Å². The van der Waals surface area contributed by atoms with Crippen molar-refractivity contribution in [1.29, 1.82) is 0 Å². The normalized spacial score (nSPS) is 15.1. The molecule has 2 aromatic rings. The molecule has 0 atom stereocenters. The van der Waals surface area contributed by atoms with Crippen LogP contribution in [0.15, 0.2) is 42.5 Å². The largest absolute Gasteiger partial charge is 0.339 e. The molecule has 0 radical (unpaired) electrons. The molecule has 8 heteroatoms. The van der Waals surface area contributed by atoms with E-state index in [1.807, 2.05) is 11.9 Å². The Balaban J connectivity index is 1.83. The first kappa shape index (κ1) is 22.9. The zero-order valence-corrected chi connectivity index (χ0v) is 19.5. The van der Waals surface area contributed by atoms with Crippen molar-refractivity contribution in [3.8, 4) is 0 Å². The third kappa shape index (κ3) is 5.29. The van der Waals surface area contributed by atoms with E-state index >= 15 is 0 Å². The van der Waals surface area contributed by atoms with Crippen LogP contribution in [0.2, 0.25) is 10.0 Å². The summed E-state index contributed by atoms with van der Waals surface area (Å²) in [6.07, 6.45) is 6.71. The summed E-state index contributed by atoms with van der Waals surface area (Å²) in [5, 5.41) is 0.800. The Hall–Kier alpha value is -1.76. The van der Waals surface area contributed by atoms with E-state index in [0.29, 0.717) is 26.9 Å². The predicted octanol–water partition coefficient (Wildman–Crippen LogP) is 5.36. The number of sulfonamides is 1. The smallest absolute Gasteiger partial charge is 0.253 e. The minimum Gasteiger partial charge on any atom is -0.339 e. The van der Waals surface area contributed by atoms with Gasteiger partial charge in [-0.3, -0.25) is 9.10 Å². The maximum absolute atomic E-state index is 12.9. The molecule has 0 aliphatic heterocycles. The highest BCUT2D eigenvalue weighted by Gasteiger charge is 2.24. The SMILES string of the molecule is CN(C(=O)c1ccc(N(Cc2c(Cl)cccc2Cl)S(C)(=O)=O)cc1)C1CCCCC1. The van der Waals surface area contributed by atoms with Gasteiger partial charge in [0.05, 0.1) is 18.5 Å². The number of amides is 1. The first-order valence-electron chi connectivity index (χ1n) is 9.96. The molecule has 1 fully saturated rings. The number of carbonyl (C=O) groups excluding carboxylic acids is 1. The van der Waals surface area contributed by atoms with Gasteiger partial charge in [-0.1, -0.05) is 48.5 Å². The van der Waals surface area contributed by atoms with E-state index in [9.17, 15) is 13.2 Å². The molecule has 0 spiro atoms. The van der Waals surface area contributed by atoms with Crippen molar-refractivity contribution in [3.63, 3.8) is 0 Å². The molecule has 0 unspecified atom stereocenters. The Kier molecular flexibility index (Phi) is 7.32. The lowest BCUT2D eigenvalue weighted by Crippen LogP contribution is -2.38. The lowest BCUT2D eigenvalue weighted by atomic mass is 9.94. The molecule has 0 heterocycles. The third-order valence-electron chi connectivity index (χ3n) is 5.61. The van der Waals surface area contributed by atoms with Crippen molar-refractivity contribution in [2.45, 2.75) is 44.7 Å². The Morgan fingerprint density at radius 1 is 1.00 bits per heavy atom. The van der Waals surface area contributed by atoms with Crippen LogP contribution in [0.3, 0.4) is 0 Å². The van der Waals surface area contributed by atoms with E-state index in [4.69, 9.17) is 23.2 Å². The number of halogens is 2. The van der Waals surface area contributed by atoms with Gasteiger partial charge in [0.15, 0.2) is 0 Å². The van der Waals surface area contributed by atoms with Crippen molar-refractivity contribution >= 4 is 44.8 Å². The van der Waals surface area contributed by atoms with Crippen LogP contribution < -0.4 is 4.31 Å². The van der Waals surface area contributed by atoms with E-state index < -0.39 is 10.0 Å². The van der Waals surface area contributed by atoms with Gasteiger partial charge >= 0.3 is 0 Å². The molecule has 5 nitrogen and oxygen atoms in total. The number of hydrogen-bond acceptors (Lipinski definition) is 3. The summed E-state index contributed by atoms with van der Waals surface area (Å²) in [5.41, 5.74) is 1.52. The fraction of sp³-hybridized carbons (Fsp3) is 0.409. The van der Waals surface area contributed by atoms with Gasteiger partial charge in [0, 0.05) is 34.3 Å². The summed E-state index contributed by atoms with van der Waals surface area (Å²) < 4.78 is 26.1. The molecule has 0 aromatic heterocycles. The maximum atomic E-state index is 12.9. The number of hydrogen-bond donors (Lipinski definition) is 0. The van der Waals surface area contributed by atoms with E-state index in [1.165, 1.54) is 10.7 Å². The Bertz CT molecular complexity index is 983. The number of carbonyl (C=O) groups is 1. The minimum atomic E-state index is -3.60. The standard InChI is InChI=1S/C22H26Cl2N2O3S/c1-25(17-7-4-3-5-8-17)22(27)16-11-13-18(14-12-16)26(30(2,28)29)15-19-20(23)9-6-10-21(19)24/h6,9-14,17H,3-5,7-8,15H2,1-2H3. The zero-order chi connectivity index (χ0) is 21.9. The fourth-order valence-electron chi connectivity index (χ4n) is 3.84. The van der Waals surface area contributed by atoms with Crippen molar-refractivity contribution in [1.82, 2.24) is 4.90 Å². The molecule has 0 saturated heterocycles. The minimum absolute atomic E-state index is 0.00656. The molecular weight excluding hydrogens is 443 g/mol. The van der Waals surface area contributed by atoms with E-state index in [0.717, 1.165) is 31.9 Å². The second kappa shape index (κ2) is 9.58. The highest BCUT2D eigenvalue weighted by atomic mass is 35.5. The van der Waals surface area contributed by atoms with Gasteiger partial charge in [-0.15, -0.1) is 0 Å². The zero-order valence-electron chi connectivity index (χ0n) is 17.1. The lowest BCUT2D eigenvalue weighted by Gasteiger charge is -2.31. The average Bonchev–Trinajstić information content (AvgIpc) is 2.72. The average molecular weight is 469 g/mol. The van der Waals surface area contributed by atoms with Gasteiger partial charge < -0.3 is 4.90 Å². The molecule has 3 rings (SSSR count). The Labute approximate surface area is 188 Å². The molecule has 1 aliphatic rings. The van der Waals surface area contributed by atoms with Gasteiger partial charge in [-0.05, 0) is 49.2 Å². The fourth-order valence-corrected chi connectivity index (χ4v) is 5.22. The van der Waals surface area contributed by atoms with E-state index in [2.05, 4.69) is 0 Å².